The van der Waals surface area contributed by atoms with E-state index >= 15 is 0 Å². The van der Waals surface area contributed by atoms with Crippen LogP contribution in [0.5, 0.6) is 0 Å². The monoisotopic (exact) mass is 201 g/mol. The molecule has 1 saturated carbocycles. The van der Waals surface area contributed by atoms with Gasteiger partial charge < -0.3 is 15.2 Å². The number of hydrogen-bond acceptors (Lipinski definition) is 4. The van der Waals surface area contributed by atoms with E-state index in [0.29, 0.717) is 6.61 Å². The van der Waals surface area contributed by atoms with Crippen LogP contribution >= 0.6 is 0 Å². The van der Waals surface area contributed by atoms with Crippen LogP contribution < -0.4 is 5.73 Å². The van der Waals surface area contributed by atoms with Gasteiger partial charge in [-0.25, -0.2) is 0 Å². The Balaban J connectivity index is 2.01. The van der Waals surface area contributed by atoms with Gasteiger partial charge in [0.05, 0.1) is 13.2 Å². The maximum absolute atomic E-state index is 11.2. The summed E-state index contributed by atoms with van der Waals surface area (Å²) in [5, 5.41) is 0. The second kappa shape index (κ2) is 5.98. The topological polar surface area (TPSA) is 61.5 Å². The van der Waals surface area contributed by atoms with Crippen molar-refractivity contribution in [3.8, 4) is 0 Å². The predicted octanol–water partition coefficient (Wildman–Crippen LogP) is 0.693. The SMILES string of the molecule is COCC(N)C(=O)OCCC1CCC1. The van der Waals surface area contributed by atoms with Crippen molar-refractivity contribution in [3.05, 3.63) is 0 Å². The average Bonchev–Trinajstić information content (AvgIpc) is 2.09. The summed E-state index contributed by atoms with van der Waals surface area (Å²) >= 11 is 0. The first-order valence-corrected chi connectivity index (χ1v) is 5.15. The van der Waals surface area contributed by atoms with Crippen molar-refractivity contribution in [1.82, 2.24) is 0 Å². The predicted molar refractivity (Wildman–Crippen MR) is 52.8 cm³/mol. The highest BCUT2D eigenvalue weighted by molar-refractivity contribution is 5.75. The molecule has 1 aliphatic carbocycles. The molecule has 2 N–H and O–H groups in total. The summed E-state index contributed by atoms with van der Waals surface area (Å²) in [6, 6.07) is -0.638. The molecular weight excluding hydrogens is 182 g/mol. The molecule has 0 heterocycles. The fourth-order valence-corrected chi connectivity index (χ4v) is 1.46. The third-order valence-corrected chi connectivity index (χ3v) is 2.64. The van der Waals surface area contributed by atoms with Gasteiger partial charge in [-0.2, -0.15) is 0 Å². The van der Waals surface area contributed by atoms with Crippen LogP contribution in [-0.2, 0) is 14.3 Å². The fourth-order valence-electron chi connectivity index (χ4n) is 1.46. The van der Waals surface area contributed by atoms with Gasteiger partial charge in [0.25, 0.3) is 0 Å². The van der Waals surface area contributed by atoms with Crippen LogP contribution in [0.2, 0.25) is 0 Å². The van der Waals surface area contributed by atoms with E-state index in [2.05, 4.69) is 0 Å². The number of carbonyl (C=O) groups is 1. The van der Waals surface area contributed by atoms with E-state index in [4.69, 9.17) is 15.2 Å². The van der Waals surface area contributed by atoms with Crippen molar-refractivity contribution in [2.24, 2.45) is 11.7 Å². The summed E-state index contributed by atoms with van der Waals surface area (Å²) in [6.07, 6.45) is 4.86. The van der Waals surface area contributed by atoms with Crippen LogP contribution in [-0.4, -0.2) is 32.3 Å². The minimum atomic E-state index is -0.638. The Morgan fingerprint density at radius 2 is 2.29 bits per heavy atom. The van der Waals surface area contributed by atoms with Crippen LogP contribution in [0.25, 0.3) is 0 Å². The first-order valence-electron chi connectivity index (χ1n) is 5.15. The third kappa shape index (κ3) is 3.64. The maximum atomic E-state index is 11.2. The molecule has 1 rings (SSSR count). The summed E-state index contributed by atoms with van der Waals surface area (Å²) in [5.74, 6) is 0.410. The first kappa shape index (κ1) is 11.5. The second-order valence-electron chi connectivity index (χ2n) is 3.81. The lowest BCUT2D eigenvalue weighted by Crippen LogP contribution is -2.36. The van der Waals surface area contributed by atoms with E-state index in [1.54, 1.807) is 0 Å². The first-order chi connectivity index (χ1) is 6.74. The van der Waals surface area contributed by atoms with Crippen molar-refractivity contribution >= 4 is 5.97 Å². The molecule has 82 valence electrons. The number of hydrogen-bond donors (Lipinski definition) is 1. The van der Waals surface area contributed by atoms with Crippen molar-refractivity contribution < 1.29 is 14.3 Å². The van der Waals surface area contributed by atoms with E-state index in [9.17, 15) is 4.79 Å². The van der Waals surface area contributed by atoms with E-state index < -0.39 is 6.04 Å². The molecule has 4 nitrogen and oxygen atoms in total. The zero-order chi connectivity index (χ0) is 10.4. The molecule has 4 heteroatoms. The van der Waals surface area contributed by atoms with Gasteiger partial charge in [0.2, 0.25) is 0 Å². The molecule has 0 amide bonds. The summed E-state index contributed by atoms with van der Waals surface area (Å²) in [4.78, 5) is 11.2. The van der Waals surface area contributed by atoms with Gasteiger partial charge in [-0.05, 0) is 12.3 Å². The maximum Gasteiger partial charge on any atom is 0.325 e. The van der Waals surface area contributed by atoms with E-state index in [0.717, 1.165) is 12.3 Å². The van der Waals surface area contributed by atoms with Gasteiger partial charge in [0.1, 0.15) is 6.04 Å². The van der Waals surface area contributed by atoms with Crippen LogP contribution in [0.1, 0.15) is 25.7 Å². The smallest absolute Gasteiger partial charge is 0.325 e. The highest BCUT2D eigenvalue weighted by atomic mass is 16.5. The number of carbonyl (C=O) groups excluding carboxylic acids is 1. The Morgan fingerprint density at radius 1 is 1.57 bits per heavy atom. The zero-order valence-corrected chi connectivity index (χ0v) is 8.70. The number of esters is 1. The minimum Gasteiger partial charge on any atom is -0.464 e. The molecule has 0 aromatic carbocycles. The summed E-state index contributed by atoms with van der Waals surface area (Å²) in [7, 11) is 1.52. The quantitative estimate of drug-likeness (QED) is 0.642. The standard InChI is InChI=1S/C10H19NO3/c1-13-7-9(11)10(12)14-6-5-8-3-2-4-8/h8-9H,2-7,11H2,1H3. The minimum absolute atomic E-state index is 0.224. The Hall–Kier alpha value is -0.610. The van der Waals surface area contributed by atoms with Crippen LogP contribution in [0.3, 0.4) is 0 Å². The van der Waals surface area contributed by atoms with E-state index in [-0.39, 0.29) is 12.6 Å². The number of nitrogens with two attached hydrogens (primary N) is 1. The molecule has 0 aromatic rings. The van der Waals surface area contributed by atoms with Gasteiger partial charge in [0, 0.05) is 7.11 Å². The average molecular weight is 201 g/mol. The van der Waals surface area contributed by atoms with Crippen molar-refractivity contribution in [2.75, 3.05) is 20.3 Å². The van der Waals surface area contributed by atoms with Crippen molar-refractivity contribution in [1.29, 1.82) is 0 Å². The molecule has 0 saturated heterocycles. The molecule has 0 aliphatic heterocycles. The molecule has 1 atom stereocenters. The second-order valence-corrected chi connectivity index (χ2v) is 3.81. The molecule has 1 unspecified atom stereocenters. The Kier molecular flexibility index (Phi) is 4.90. The lowest BCUT2D eigenvalue weighted by molar-refractivity contribution is -0.147. The highest BCUT2D eigenvalue weighted by Crippen LogP contribution is 2.29. The van der Waals surface area contributed by atoms with E-state index in [1.807, 2.05) is 0 Å². The van der Waals surface area contributed by atoms with Gasteiger partial charge in [-0.15, -0.1) is 0 Å². The molecule has 0 bridgehead atoms. The van der Waals surface area contributed by atoms with Gasteiger partial charge in [-0.3, -0.25) is 4.79 Å². The summed E-state index contributed by atoms with van der Waals surface area (Å²) in [6.45, 7) is 0.725. The van der Waals surface area contributed by atoms with Crippen molar-refractivity contribution in [2.45, 2.75) is 31.7 Å². The van der Waals surface area contributed by atoms with E-state index in [1.165, 1.54) is 26.4 Å². The zero-order valence-electron chi connectivity index (χ0n) is 8.70. The number of ether oxygens (including phenoxy) is 2. The van der Waals surface area contributed by atoms with Crippen LogP contribution in [0, 0.1) is 5.92 Å². The molecule has 0 spiro atoms. The van der Waals surface area contributed by atoms with Crippen LogP contribution in [0.15, 0.2) is 0 Å². The van der Waals surface area contributed by atoms with Crippen molar-refractivity contribution in [3.63, 3.8) is 0 Å². The Bertz CT molecular complexity index is 180. The van der Waals surface area contributed by atoms with Gasteiger partial charge in [0.15, 0.2) is 0 Å². The fraction of sp³-hybridized carbons (Fsp3) is 0.900. The lowest BCUT2D eigenvalue weighted by Gasteiger charge is -2.24. The van der Waals surface area contributed by atoms with Crippen LogP contribution in [0.4, 0.5) is 0 Å². The summed E-state index contributed by atoms with van der Waals surface area (Å²) in [5.41, 5.74) is 5.49. The third-order valence-electron chi connectivity index (χ3n) is 2.64. The molecule has 1 aliphatic rings. The largest absolute Gasteiger partial charge is 0.464 e. The summed E-state index contributed by atoms with van der Waals surface area (Å²) < 4.78 is 9.78. The van der Waals surface area contributed by atoms with Gasteiger partial charge >= 0.3 is 5.97 Å². The molecule has 0 aromatic heterocycles. The number of rotatable bonds is 6. The molecule has 0 radical (unpaired) electrons. The number of methoxy groups -OCH3 is 1. The molecule has 14 heavy (non-hydrogen) atoms. The normalized spacial score (nSPS) is 18.7. The molecular formula is C10H19NO3. The highest BCUT2D eigenvalue weighted by Gasteiger charge is 2.19. The van der Waals surface area contributed by atoms with Gasteiger partial charge in [-0.1, -0.05) is 19.3 Å². The molecule has 1 fully saturated rings. The lowest BCUT2D eigenvalue weighted by atomic mass is 9.83. The Morgan fingerprint density at radius 3 is 2.79 bits per heavy atom. The Labute approximate surface area is 84.7 Å².